The lowest BCUT2D eigenvalue weighted by atomic mass is 9.96. The molecule has 0 heterocycles. The van der Waals surface area contributed by atoms with Gasteiger partial charge < -0.3 is 0 Å². The summed E-state index contributed by atoms with van der Waals surface area (Å²) in [6.07, 6.45) is 0.778. The summed E-state index contributed by atoms with van der Waals surface area (Å²) < 4.78 is 47.1. The van der Waals surface area contributed by atoms with Crippen LogP contribution in [-0.2, 0) is 9.84 Å². The van der Waals surface area contributed by atoms with E-state index >= 15 is 0 Å². The van der Waals surface area contributed by atoms with Crippen LogP contribution in [0.4, 0.5) is 8.78 Å². The fourth-order valence-electron chi connectivity index (χ4n) is 1.63. The minimum atomic E-state index is -4.51. The summed E-state index contributed by atoms with van der Waals surface area (Å²) in [6, 6.07) is 5.47. The van der Waals surface area contributed by atoms with Crippen molar-refractivity contribution >= 4 is 21.4 Å². The molecular formula is C12H15ClF2O2S. The zero-order valence-corrected chi connectivity index (χ0v) is 11.7. The molecule has 0 bridgehead atoms. The summed E-state index contributed by atoms with van der Waals surface area (Å²) in [7, 11) is -4.51. The Labute approximate surface area is 111 Å². The summed E-state index contributed by atoms with van der Waals surface area (Å²) in [5, 5.41) is -0.0671. The van der Waals surface area contributed by atoms with Gasteiger partial charge >= 0.3 is 5.76 Å². The first-order valence-electron chi connectivity index (χ1n) is 5.56. The predicted molar refractivity (Wildman–Crippen MR) is 68.0 cm³/mol. The van der Waals surface area contributed by atoms with Gasteiger partial charge in [-0.25, -0.2) is 8.42 Å². The van der Waals surface area contributed by atoms with E-state index in [0.29, 0.717) is 0 Å². The summed E-state index contributed by atoms with van der Waals surface area (Å²) >= 11 is 6.09. The van der Waals surface area contributed by atoms with Gasteiger partial charge in [0.1, 0.15) is 0 Å². The maximum absolute atomic E-state index is 12.3. The van der Waals surface area contributed by atoms with Gasteiger partial charge in [-0.3, -0.25) is 0 Å². The van der Waals surface area contributed by atoms with Gasteiger partial charge in [0.25, 0.3) is 0 Å². The Hall–Kier alpha value is -0.680. The molecule has 0 saturated heterocycles. The maximum atomic E-state index is 12.3. The van der Waals surface area contributed by atoms with E-state index in [2.05, 4.69) is 0 Å². The molecule has 0 saturated carbocycles. The molecule has 0 aliphatic rings. The molecule has 18 heavy (non-hydrogen) atoms. The van der Waals surface area contributed by atoms with Crippen LogP contribution in [0.2, 0.25) is 0 Å². The summed E-state index contributed by atoms with van der Waals surface area (Å²) in [6.45, 7) is 3.86. The minimum absolute atomic E-state index is 0.0416. The van der Waals surface area contributed by atoms with Gasteiger partial charge in [-0.1, -0.05) is 26.0 Å². The third-order valence-electron chi connectivity index (χ3n) is 2.90. The van der Waals surface area contributed by atoms with Gasteiger partial charge in [-0.15, -0.1) is 11.6 Å². The molecule has 0 spiro atoms. The normalized spacial score (nSPS) is 15.7. The molecule has 0 aliphatic carbocycles. The average Bonchev–Trinajstić information content (AvgIpc) is 2.36. The van der Waals surface area contributed by atoms with E-state index in [0.717, 1.165) is 12.0 Å². The van der Waals surface area contributed by atoms with Crippen LogP contribution in [0.1, 0.15) is 31.7 Å². The van der Waals surface area contributed by atoms with Crippen LogP contribution >= 0.6 is 11.6 Å². The zero-order chi connectivity index (χ0) is 13.9. The molecule has 2 atom stereocenters. The number of rotatable bonds is 5. The Morgan fingerprint density at radius 3 is 2.11 bits per heavy atom. The van der Waals surface area contributed by atoms with Crippen molar-refractivity contribution in [2.24, 2.45) is 0 Å². The van der Waals surface area contributed by atoms with Crippen LogP contribution in [0.3, 0.4) is 0 Å². The van der Waals surface area contributed by atoms with Crippen LogP contribution in [0.25, 0.3) is 0 Å². The molecule has 0 radical (unpaired) electrons. The summed E-state index contributed by atoms with van der Waals surface area (Å²) in [5.41, 5.74) is 0.838. The SMILES string of the molecule is CCC(Cl)C(C)c1ccc(S(=O)(=O)C(F)F)cc1. The lowest BCUT2D eigenvalue weighted by Gasteiger charge is -2.17. The molecule has 2 unspecified atom stereocenters. The number of halogens is 3. The van der Waals surface area contributed by atoms with Crippen molar-refractivity contribution in [1.82, 2.24) is 0 Å². The summed E-state index contributed by atoms with van der Waals surface area (Å²) in [4.78, 5) is -0.365. The van der Waals surface area contributed by atoms with Crippen molar-refractivity contribution in [1.29, 1.82) is 0 Å². The first-order valence-corrected chi connectivity index (χ1v) is 7.55. The highest BCUT2D eigenvalue weighted by Gasteiger charge is 2.26. The van der Waals surface area contributed by atoms with Crippen molar-refractivity contribution < 1.29 is 17.2 Å². The van der Waals surface area contributed by atoms with Crippen molar-refractivity contribution in [3.05, 3.63) is 29.8 Å². The maximum Gasteiger partial charge on any atom is 0.341 e. The third kappa shape index (κ3) is 3.20. The Bertz CT molecular complexity index is 485. The van der Waals surface area contributed by atoms with Crippen molar-refractivity contribution in [3.8, 4) is 0 Å². The largest absolute Gasteiger partial charge is 0.341 e. The topological polar surface area (TPSA) is 34.1 Å². The van der Waals surface area contributed by atoms with E-state index in [-0.39, 0.29) is 16.2 Å². The van der Waals surface area contributed by atoms with Gasteiger partial charge in [0.05, 0.1) is 4.90 Å². The standard InChI is InChI=1S/C12H15ClF2O2S/c1-3-11(13)8(2)9-4-6-10(7-5-9)18(16,17)12(14)15/h4-8,11-12H,3H2,1-2H3. The zero-order valence-electron chi connectivity index (χ0n) is 10.1. The van der Waals surface area contributed by atoms with Gasteiger partial charge in [-0.2, -0.15) is 8.78 Å². The summed E-state index contributed by atoms with van der Waals surface area (Å²) in [5.74, 6) is -3.35. The number of sulfone groups is 1. The van der Waals surface area contributed by atoms with Crippen LogP contribution in [-0.4, -0.2) is 19.6 Å². The number of alkyl halides is 3. The fraction of sp³-hybridized carbons (Fsp3) is 0.500. The molecular weight excluding hydrogens is 282 g/mol. The van der Waals surface area contributed by atoms with Crippen LogP contribution < -0.4 is 0 Å². The molecule has 6 heteroatoms. The smallest absolute Gasteiger partial charge is 0.218 e. The van der Waals surface area contributed by atoms with Gasteiger partial charge in [-0.05, 0) is 30.0 Å². The lowest BCUT2D eigenvalue weighted by molar-refractivity contribution is 0.234. The molecule has 1 aromatic carbocycles. The van der Waals surface area contributed by atoms with E-state index in [4.69, 9.17) is 11.6 Å². The molecule has 1 rings (SSSR count). The average molecular weight is 297 g/mol. The van der Waals surface area contributed by atoms with Gasteiger partial charge in [0.2, 0.25) is 9.84 Å². The number of benzene rings is 1. The number of hydrogen-bond donors (Lipinski definition) is 0. The van der Waals surface area contributed by atoms with Gasteiger partial charge in [0, 0.05) is 5.38 Å². The highest BCUT2D eigenvalue weighted by molar-refractivity contribution is 7.91. The molecule has 0 N–H and O–H groups in total. The van der Waals surface area contributed by atoms with Crippen molar-refractivity contribution in [2.75, 3.05) is 0 Å². The lowest BCUT2D eigenvalue weighted by Crippen LogP contribution is -2.12. The first kappa shape index (κ1) is 15.4. The molecule has 102 valence electrons. The monoisotopic (exact) mass is 296 g/mol. The highest BCUT2D eigenvalue weighted by atomic mass is 35.5. The predicted octanol–water partition coefficient (Wildman–Crippen LogP) is 3.80. The fourth-order valence-corrected chi connectivity index (χ4v) is 2.49. The Morgan fingerprint density at radius 2 is 1.72 bits per heavy atom. The molecule has 0 fully saturated rings. The minimum Gasteiger partial charge on any atom is -0.218 e. The second kappa shape index (κ2) is 5.97. The quantitative estimate of drug-likeness (QED) is 0.774. The Balaban J connectivity index is 3.01. The molecule has 1 aromatic rings. The Morgan fingerprint density at radius 1 is 1.22 bits per heavy atom. The van der Waals surface area contributed by atoms with Crippen LogP contribution in [0.15, 0.2) is 29.2 Å². The highest BCUT2D eigenvalue weighted by Crippen LogP contribution is 2.27. The van der Waals surface area contributed by atoms with Crippen LogP contribution in [0, 0.1) is 0 Å². The van der Waals surface area contributed by atoms with E-state index in [1.165, 1.54) is 24.3 Å². The van der Waals surface area contributed by atoms with E-state index < -0.39 is 15.6 Å². The van der Waals surface area contributed by atoms with E-state index in [1.54, 1.807) is 0 Å². The second-order valence-corrected chi connectivity index (χ2v) is 6.57. The van der Waals surface area contributed by atoms with Crippen molar-refractivity contribution in [2.45, 2.75) is 42.2 Å². The second-order valence-electron chi connectivity index (χ2n) is 4.09. The molecule has 0 aromatic heterocycles. The van der Waals surface area contributed by atoms with Gasteiger partial charge in [0.15, 0.2) is 0 Å². The molecule has 2 nitrogen and oxygen atoms in total. The first-order chi connectivity index (χ1) is 8.30. The molecule has 0 amide bonds. The third-order valence-corrected chi connectivity index (χ3v) is 4.99. The van der Waals surface area contributed by atoms with E-state index in [9.17, 15) is 17.2 Å². The van der Waals surface area contributed by atoms with Crippen molar-refractivity contribution in [3.63, 3.8) is 0 Å². The Kier molecular flexibility index (Phi) is 5.10. The van der Waals surface area contributed by atoms with Crippen LogP contribution in [0.5, 0.6) is 0 Å². The van der Waals surface area contributed by atoms with E-state index in [1.807, 2.05) is 13.8 Å². The number of hydrogen-bond acceptors (Lipinski definition) is 2. The molecule has 0 aliphatic heterocycles.